The average Bonchev–Trinajstić information content (AvgIpc) is 2.85. The Morgan fingerprint density at radius 2 is 2.17 bits per heavy atom. The predicted octanol–water partition coefficient (Wildman–Crippen LogP) is 3.23. The lowest BCUT2D eigenvalue weighted by atomic mass is 9.70. The molecule has 4 nitrogen and oxygen atoms in total. The van der Waals surface area contributed by atoms with Crippen molar-refractivity contribution < 1.29 is 0 Å². The summed E-state index contributed by atoms with van der Waals surface area (Å²) in [5, 5.41) is 5.20. The molecule has 0 bridgehead atoms. The Labute approximate surface area is 141 Å². The van der Waals surface area contributed by atoms with Crippen molar-refractivity contribution in [1.29, 1.82) is 0 Å². The Morgan fingerprint density at radius 1 is 1.35 bits per heavy atom. The van der Waals surface area contributed by atoms with Crippen LogP contribution in [0.25, 0.3) is 11.3 Å². The number of nitrogens with zero attached hydrogens (tertiary/aromatic N) is 3. The first-order chi connectivity index (χ1) is 11.0. The molecule has 1 aliphatic carbocycles. The number of fused-ring (bicyclic) bond motifs is 3. The van der Waals surface area contributed by atoms with E-state index in [1.807, 2.05) is 18.7 Å². The summed E-state index contributed by atoms with van der Waals surface area (Å²) in [5.41, 5.74) is 12.0. The Hall–Kier alpha value is -1.75. The molecule has 120 valence electrons. The van der Waals surface area contributed by atoms with Crippen LogP contribution in [0.4, 0.5) is 0 Å². The van der Waals surface area contributed by atoms with Gasteiger partial charge in [-0.05, 0) is 55.9 Å². The summed E-state index contributed by atoms with van der Waals surface area (Å²) in [6.45, 7) is 4.28. The summed E-state index contributed by atoms with van der Waals surface area (Å²) in [4.78, 5) is 4.87. The molecule has 2 unspecified atom stereocenters. The number of aliphatic imine (C=N–C) groups is 1. The zero-order valence-electron chi connectivity index (χ0n) is 13.8. The van der Waals surface area contributed by atoms with Crippen LogP contribution in [-0.4, -0.2) is 20.7 Å². The first kappa shape index (κ1) is 14.8. The number of hydrogen-bond acceptors (Lipinski definition) is 4. The second kappa shape index (κ2) is 5.13. The van der Waals surface area contributed by atoms with Gasteiger partial charge in [-0.25, -0.2) is 0 Å². The summed E-state index contributed by atoms with van der Waals surface area (Å²) in [7, 11) is 2.00. The van der Waals surface area contributed by atoms with E-state index in [2.05, 4.69) is 36.3 Å². The van der Waals surface area contributed by atoms with E-state index in [0.29, 0.717) is 5.92 Å². The maximum atomic E-state index is 6.06. The summed E-state index contributed by atoms with van der Waals surface area (Å²) in [5.74, 6) is 1.64. The number of aryl methyl sites for hydroxylation is 3. The number of rotatable bonds is 1. The van der Waals surface area contributed by atoms with Crippen molar-refractivity contribution in [2.24, 2.45) is 23.7 Å². The molecule has 2 heterocycles. The van der Waals surface area contributed by atoms with E-state index in [-0.39, 0.29) is 5.54 Å². The SMILES string of the molecule is Cc1cc(-c2ccc3c(c2)C2(C)N=C(N)SCC2CC3)n(C)n1. The van der Waals surface area contributed by atoms with E-state index in [1.165, 1.54) is 23.1 Å². The van der Waals surface area contributed by atoms with E-state index < -0.39 is 0 Å². The van der Waals surface area contributed by atoms with Gasteiger partial charge in [0.05, 0.1) is 16.9 Å². The smallest absolute Gasteiger partial charge is 0.154 e. The summed E-state index contributed by atoms with van der Waals surface area (Å²) in [6, 6.07) is 8.93. The highest BCUT2D eigenvalue weighted by Crippen LogP contribution is 2.47. The van der Waals surface area contributed by atoms with Crippen molar-refractivity contribution in [3.63, 3.8) is 0 Å². The van der Waals surface area contributed by atoms with Crippen molar-refractivity contribution in [3.8, 4) is 11.3 Å². The van der Waals surface area contributed by atoms with Gasteiger partial charge in [0, 0.05) is 18.4 Å². The number of nitrogens with two attached hydrogens (primary N) is 1. The molecule has 0 radical (unpaired) electrons. The summed E-state index contributed by atoms with van der Waals surface area (Å²) >= 11 is 1.70. The molecular weight excluding hydrogens is 304 g/mol. The molecule has 5 heteroatoms. The van der Waals surface area contributed by atoms with Crippen molar-refractivity contribution in [1.82, 2.24) is 9.78 Å². The highest BCUT2D eigenvalue weighted by molar-refractivity contribution is 8.13. The molecule has 2 atom stereocenters. The molecule has 0 spiro atoms. The third-order valence-corrected chi connectivity index (χ3v) is 6.24. The van der Waals surface area contributed by atoms with Crippen LogP contribution in [0.3, 0.4) is 0 Å². The van der Waals surface area contributed by atoms with Gasteiger partial charge in [-0.1, -0.05) is 23.9 Å². The fraction of sp³-hybridized carbons (Fsp3) is 0.444. The van der Waals surface area contributed by atoms with E-state index in [1.54, 1.807) is 11.8 Å². The minimum Gasteiger partial charge on any atom is -0.379 e. The van der Waals surface area contributed by atoms with Gasteiger partial charge in [0.2, 0.25) is 0 Å². The number of hydrogen-bond donors (Lipinski definition) is 1. The standard InChI is InChI=1S/C18H22N4S/c1-11-8-16(22(3)21-11)13-5-4-12-6-7-14-10-23-17(19)20-18(14,2)15(12)9-13/h4-5,8-9,14H,6-7,10H2,1-3H3,(H2,19,20). The number of thioether (sulfide) groups is 1. The normalized spacial score (nSPS) is 26.4. The fourth-order valence-electron chi connectivity index (χ4n) is 3.98. The monoisotopic (exact) mass is 326 g/mol. The van der Waals surface area contributed by atoms with Gasteiger partial charge in [0.15, 0.2) is 5.17 Å². The maximum Gasteiger partial charge on any atom is 0.154 e. The third-order valence-electron chi connectivity index (χ3n) is 5.28. The van der Waals surface area contributed by atoms with E-state index in [4.69, 9.17) is 10.7 Å². The second-order valence-electron chi connectivity index (χ2n) is 6.81. The van der Waals surface area contributed by atoms with Crippen LogP contribution in [0.2, 0.25) is 0 Å². The first-order valence-electron chi connectivity index (χ1n) is 8.10. The molecule has 23 heavy (non-hydrogen) atoms. The zero-order chi connectivity index (χ0) is 16.2. The summed E-state index contributed by atoms with van der Waals surface area (Å²) in [6.07, 6.45) is 2.33. The van der Waals surface area contributed by atoms with E-state index in [9.17, 15) is 0 Å². The fourth-order valence-corrected chi connectivity index (χ4v) is 5.10. The van der Waals surface area contributed by atoms with Gasteiger partial charge < -0.3 is 5.73 Å². The molecule has 2 aliphatic rings. The van der Waals surface area contributed by atoms with Gasteiger partial charge in [-0.3, -0.25) is 9.67 Å². The van der Waals surface area contributed by atoms with Gasteiger partial charge in [0.1, 0.15) is 0 Å². The van der Waals surface area contributed by atoms with Crippen molar-refractivity contribution in [2.45, 2.75) is 32.2 Å². The van der Waals surface area contributed by atoms with Crippen LogP contribution in [0.1, 0.15) is 30.2 Å². The van der Waals surface area contributed by atoms with Crippen molar-refractivity contribution in [3.05, 3.63) is 41.1 Å². The zero-order valence-corrected chi connectivity index (χ0v) is 14.7. The van der Waals surface area contributed by atoms with E-state index in [0.717, 1.165) is 28.7 Å². The van der Waals surface area contributed by atoms with Crippen LogP contribution >= 0.6 is 11.8 Å². The van der Waals surface area contributed by atoms with Gasteiger partial charge in [-0.15, -0.1) is 0 Å². The third kappa shape index (κ3) is 2.29. The Kier molecular flexibility index (Phi) is 3.30. The Balaban J connectivity index is 1.88. The van der Waals surface area contributed by atoms with Crippen molar-refractivity contribution in [2.75, 3.05) is 5.75 Å². The molecule has 2 N–H and O–H groups in total. The highest BCUT2D eigenvalue weighted by Gasteiger charge is 2.42. The molecule has 0 saturated heterocycles. The van der Waals surface area contributed by atoms with Crippen LogP contribution < -0.4 is 5.73 Å². The molecule has 0 fully saturated rings. The number of amidine groups is 1. The van der Waals surface area contributed by atoms with Gasteiger partial charge in [-0.2, -0.15) is 5.10 Å². The maximum absolute atomic E-state index is 6.06. The lowest BCUT2D eigenvalue weighted by Crippen LogP contribution is -2.41. The first-order valence-corrected chi connectivity index (χ1v) is 9.08. The molecule has 1 aromatic heterocycles. The largest absolute Gasteiger partial charge is 0.379 e. The topological polar surface area (TPSA) is 56.2 Å². The molecule has 4 rings (SSSR count). The average molecular weight is 326 g/mol. The minimum atomic E-state index is -0.188. The predicted molar refractivity (Wildman–Crippen MR) is 96.6 cm³/mol. The molecular formula is C18H22N4S. The van der Waals surface area contributed by atoms with Crippen LogP contribution in [0.5, 0.6) is 0 Å². The quantitative estimate of drug-likeness (QED) is 0.875. The van der Waals surface area contributed by atoms with Gasteiger partial charge in [0.25, 0.3) is 0 Å². The number of benzene rings is 1. The molecule has 0 saturated carbocycles. The lowest BCUT2D eigenvalue weighted by Gasteiger charge is -2.42. The molecule has 2 aromatic rings. The van der Waals surface area contributed by atoms with Crippen molar-refractivity contribution >= 4 is 16.9 Å². The van der Waals surface area contributed by atoms with Crippen LogP contribution in [0.15, 0.2) is 29.3 Å². The number of aromatic nitrogens is 2. The highest BCUT2D eigenvalue weighted by atomic mass is 32.2. The van der Waals surface area contributed by atoms with Gasteiger partial charge >= 0.3 is 0 Å². The van der Waals surface area contributed by atoms with Crippen LogP contribution in [-0.2, 0) is 19.0 Å². The minimum absolute atomic E-state index is 0.188. The Bertz CT molecular complexity index is 807. The van der Waals surface area contributed by atoms with Crippen LogP contribution in [0, 0.1) is 12.8 Å². The summed E-state index contributed by atoms with van der Waals surface area (Å²) < 4.78 is 1.95. The molecule has 0 amide bonds. The van der Waals surface area contributed by atoms with E-state index >= 15 is 0 Å². The molecule has 1 aromatic carbocycles. The molecule has 1 aliphatic heterocycles. The second-order valence-corrected chi connectivity index (χ2v) is 7.85. The lowest BCUT2D eigenvalue weighted by molar-refractivity contribution is 0.291. The Morgan fingerprint density at radius 3 is 2.91 bits per heavy atom.